The number of hydrogen-bond acceptors (Lipinski definition) is 5. The van der Waals surface area contributed by atoms with Crippen LogP contribution in [0.15, 0.2) is 40.6 Å². The summed E-state index contributed by atoms with van der Waals surface area (Å²) in [6.45, 7) is 0.263. The Kier molecular flexibility index (Phi) is 4.63. The predicted molar refractivity (Wildman–Crippen MR) is 92.1 cm³/mol. The fourth-order valence-corrected chi connectivity index (χ4v) is 4.84. The highest BCUT2D eigenvalue weighted by Gasteiger charge is 2.36. The summed E-state index contributed by atoms with van der Waals surface area (Å²) in [5.41, 5.74) is 1.50. The monoisotopic (exact) mass is 380 g/mol. The molecule has 1 aliphatic rings. The minimum atomic E-state index is -3.65. The quantitative estimate of drug-likeness (QED) is 0.836. The van der Waals surface area contributed by atoms with Gasteiger partial charge in [-0.2, -0.15) is 0 Å². The number of aliphatic carboxylic acids is 1. The van der Waals surface area contributed by atoms with E-state index < -0.39 is 27.9 Å². The normalized spacial score (nSPS) is 17.2. The van der Waals surface area contributed by atoms with Crippen LogP contribution in [0.25, 0.3) is 0 Å². The SMILES string of the molecule is CNS(=O)(=O)c1csc(C(=O)N2CCc3ccccc3C2C(=O)O)c1. The van der Waals surface area contributed by atoms with Crippen molar-refractivity contribution in [2.75, 3.05) is 13.6 Å². The molecule has 132 valence electrons. The smallest absolute Gasteiger partial charge is 0.331 e. The fraction of sp³-hybridized carbons (Fsp3) is 0.250. The molecule has 3 rings (SSSR count). The van der Waals surface area contributed by atoms with Crippen molar-refractivity contribution in [1.29, 1.82) is 0 Å². The molecular weight excluding hydrogens is 364 g/mol. The Morgan fingerprint density at radius 2 is 2.04 bits per heavy atom. The van der Waals surface area contributed by atoms with E-state index in [9.17, 15) is 23.1 Å². The van der Waals surface area contributed by atoms with E-state index in [2.05, 4.69) is 4.72 Å². The third-order valence-corrected chi connectivity index (χ3v) is 6.60. The number of benzene rings is 1. The molecule has 0 saturated heterocycles. The molecule has 2 heterocycles. The lowest BCUT2D eigenvalue weighted by molar-refractivity contribution is -0.143. The van der Waals surface area contributed by atoms with E-state index in [0.717, 1.165) is 16.9 Å². The van der Waals surface area contributed by atoms with Crippen LogP contribution in [-0.2, 0) is 21.2 Å². The number of hydrogen-bond donors (Lipinski definition) is 2. The third kappa shape index (κ3) is 3.17. The molecule has 25 heavy (non-hydrogen) atoms. The standard InChI is InChI=1S/C16H16N2O5S2/c1-17-25(22,23)11-8-13(24-9-11)15(19)18-7-6-10-4-2-3-5-12(10)14(18)16(20)21/h2-5,8-9,14,17H,6-7H2,1H3,(H,20,21). The lowest BCUT2D eigenvalue weighted by Gasteiger charge is -2.34. The molecular formula is C16H16N2O5S2. The number of sulfonamides is 1. The molecule has 0 spiro atoms. The van der Waals surface area contributed by atoms with E-state index in [4.69, 9.17) is 0 Å². The minimum Gasteiger partial charge on any atom is -0.479 e. The number of rotatable bonds is 4. The van der Waals surface area contributed by atoms with Crippen molar-refractivity contribution in [3.8, 4) is 0 Å². The van der Waals surface area contributed by atoms with E-state index >= 15 is 0 Å². The number of nitrogens with one attached hydrogen (secondary N) is 1. The van der Waals surface area contributed by atoms with E-state index in [1.54, 1.807) is 12.1 Å². The number of nitrogens with zero attached hydrogens (tertiary/aromatic N) is 1. The summed E-state index contributed by atoms with van der Waals surface area (Å²) in [6, 6.07) is 7.34. The van der Waals surface area contributed by atoms with Gasteiger partial charge < -0.3 is 10.0 Å². The molecule has 1 amide bonds. The lowest BCUT2D eigenvalue weighted by Crippen LogP contribution is -2.43. The maximum Gasteiger partial charge on any atom is 0.331 e. The number of fused-ring (bicyclic) bond motifs is 1. The van der Waals surface area contributed by atoms with Crippen LogP contribution in [-0.4, -0.2) is 43.9 Å². The van der Waals surface area contributed by atoms with Crippen LogP contribution >= 0.6 is 11.3 Å². The zero-order chi connectivity index (χ0) is 18.2. The van der Waals surface area contributed by atoms with Crippen molar-refractivity contribution in [1.82, 2.24) is 9.62 Å². The highest BCUT2D eigenvalue weighted by molar-refractivity contribution is 7.89. The molecule has 0 bridgehead atoms. The Balaban J connectivity index is 1.96. The van der Waals surface area contributed by atoms with Gasteiger partial charge in [-0.25, -0.2) is 17.9 Å². The first-order valence-corrected chi connectivity index (χ1v) is 9.85. The van der Waals surface area contributed by atoms with Crippen molar-refractivity contribution < 1.29 is 23.1 Å². The van der Waals surface area contributed by atoms with Gasteiger partial charge in [-0.3, -0.25) is 4.79 Å². The predicted octanol–water partition coefficient (Wildman–Crippen LogP) is 1.48. The van der Waals surface area contributed by atoms with Crippen molar-refractivity contribution in [2.45, 2.75) is 17.4 Å². The summed E-state index contributed by atoms with van der Waals surface area (Å²) >= 11 is 0.985. The van der Waals surface area contributed by atoms with Crippen LogP contribution < -0.4 is 4.72 Å². The summed E-state index contributed by atoms with van der Waals surface area (Å²) in [5, 5.41) is 11.0. The van der Waals surface area contributed by atoms with Crippen LogP contribution in [0, 0.1) is 0 Å². The molecule has 2 aromatic rings. The average Bonchev–Trinajstić information content (AvgIpc) is 3.10. The second-order valence-corrected chi connectivity index (χ2v) is 8.34. The molecule has 1 aromatic carbocycles. The molecule has 0 fully saturated rings. The second kappa shape index (κ2) is 6.58. The van der Waals surface area contributed by atoms with Gasteiger partial charge in [-0.1, -0.05) is 24.3 Å². The van der Waals surface area contributed by atoms with Crippen LogP contribution in [0.3, 0.4) is 0 Å². The molecule has 1 aromatic heterocycles. The van der Waals surface area contributed by atoms with Gasteiger partial charge in [0.25, 0.3) is 5.91 Å². The maximum atomic E-state index is 12.8. The molecule has 0 radical (unpaired) electrons. The van der Waals surface area contributed by atoms with Gasteiger partial charge in [0.15, 0.2) is 6.04 Å². The van der Waals surface area contributed by atoms with Gasteiger partial charge in [0.05, 0.1) is 9.77 Å². The summed E-state index contributed by atoms with van der Waals surface area (Å²) in [7, 11) is -2.36. The maximum absolute atomic E-state index is 12.8. The summed E-state index contributed by atoms with van der Waals surface area (Å²) < 4.78 is 25.8. The zero-order valence-electron chi connectivity index (χ0n) is 13.3. The topological polar surface area (TPSA) is 104 Å². The number of carboxylic acid groups (broad SMARTS) is 1. The average molecular weight is 380 g/mol. The van der Waals surface area contributed by atoms with Crippen LogP contribution in [0.1, 0.15) is 26.8 Å². The lowest BCUT2D eigenvalue weighted by atomic mass is 9.92. The molecule has 9 heteroatoms. The van der Waals surface area contributed by atoms with E-state index in [0.29, 0.717) is 12.0 Å². The van der Waals surface area contributed by atoms with Gasteiger partial charge in [-0.15, -0.1) is 11.3 Å². The molecule has 1 atom stereocenters. The first-order chi connectivity index (χ1) is 11.8. The minimum absolute atomic E-state index is 0.00682. The first-order valence-electron chi connectivity index (χ1n) is 7.49. The van der Waals surface area contributed by atoms with Gasteiger partial charge >= 0.3 is 5.97 Å². The van der Waals surface area contributed by atoms with Gasteiger partial charge in [0.1, 0.15) is 0 Å². The Hall–Kier alpha value is -2.23. The van der Waals surface area contributed by atoms with E-state index in [1.165, 1.54) is 23.4 Å². The van der Waals surface area contributed by atoms with Gasteiger partial charge in [-0.05, 0) is 30.7 Å². The summed E-state index contributed by atoms with van der Waals surface area (Å²) in [4.78, 5) is 26.1. The molecule has 2 N–H and O–H groups in total. The molecule has 0 saturated carbocycles. The van der Waals surface area contributed by atoms with E-state index in [-0.39, 0.29) is 16.3 Å². The molecule has 7 nitrogen and oxygen atoms in total. The Morgan fingerprint density at radius 1 is 1.32 bits per heavy atom. The molecule has 1 unspecified atom stereocenters. The summed E-state index contributed by atoms with van der Waals surface area (Å²) in [5.74, 6) is -1.59. The largest absolute Gasteiger partial charge is 0.479 e. The molecule has 1 aliphatic heterocycles. The number of carbonyl (C=O) groups excluding carboxylic acids is 1. The van der Waals surface area contributed by atoms with Crippen molar-refractivity contribution in [3.05, 3.63) is 51.7 Å². The Bertz CT molecular complexity index is 936. The van der Waals surface area contributed by atoms with Crippen molar-refractivity contribution >= 4 is 33.2 Å². The third-order valence-electron chi connectivity index (χ3n) is 4.14. The van der Waals surface area contributed by atoms with Crippen molar-refractivity contribution in [2.24, 2.45) is 0 Å². The van der Waals surface area contributed by atoms with Crippen molar-refractivity contribution in [3.63, 3.8) is 0 Å². The number of amides is 1. The highest BCUT2D eigenvalue weighted by Crippen LogP contribution is 2.32. The molecule has 0 aliphatic carbocycles. The van der Waals surface area contributed by atoms with Crippen LogP contribution in [0.2, 0.25) is 0 Å². The Morgan fingerprint density at radius 3 is 2.72 bits per heavy atom. The number of thiophene rings is 1. The van der Waals surface area contributed by atoms with Crippen LogP contribution in [0.5, 0.6) is 0 Å². The number of carboxylic acids is 1. The van der Waals surface area contributed by atoms with Gasteiger partial charge in [0.2, 0.25) is 10.0 Å². The van der Waals surface area contributed by atoms with Gasteiger partial charge in [0, 0.05) is 11.9 Å². The first kappa shape index (κ1) is 17.6. The van der Waals surface area contributed by atoms with Crippen LogP contribution in [0.4, 0.5) is 0 Å². The highest BCUT2D eigenvalue weighted by atomic mass is 32.2. The number of carbonyl (C=O) groups is 2. The zero-order valence-corrected chi connectivity index (χ0v) is 14.9. The van der Waals surface area contributed by atoms with E-state index in [1.807, 2.05) is 12.1 Å². The summed E-state index contributed by atoms with van der Waals surface area (Å²) in [6.07, 6.45) is 0.554. The fourth-order valence-electron chi connectivity index (χ4n) is 2.88. The second-order valence-electron chi connectivity index (χ2n) is 5.54. The Labute approximate surface area is 149 Å².